The van der Waals surface area contributed by atoms with Gasteiger partial charge in [0.05, 0.1) is 34.2 Å². The summed E-state index contributed by atoms with van der Waals surface area (Å²) in [6.45, 7) is 8.89. The van der Waals surface area contributed by atoms with Crippen molar-refractivity contribution in [3.05, 3.63) is 42.5 Å². The van der Waals surface area contributed by atoms with Gasteiger partial charge in [-0.2, -0.15) is 0 Å². The molecule has 7 nitrogen and oxygen atoms in total. The largest absolute Gasteiger partial charge is 0.446 e. The molecule has 0 aromatic heterocycles. The number of carbonyl (C=O) groups is 2. The maximum Gasteiger partial charge on any atom is 0.414 e. The standard InChI is InChI=1S/C23H28N2O5S/c1-6-31(28,29)20-10-7-18(8-11-20)19-9-12-21-22(13-19)24(23(27)30-15(2)3)14-16(4)25(21)17(5)26/h7-13,15-16H,6,14H2,1-5H3. The summed E-state index contributed by atoms with van der Waals surface area (Å²) in [6.07, 6.45) is -0.735. The number of benzene rings is 2. The van der Waals surface area contributed by atoms with Crippen LogP contribution >= 0.6 is 0 Å². The predicted molar refractivity (Wildman–Crippen MR) is 121 cm³/mol. The Kier molecular flexibility index (Phi) is 6.40. The van der Waals surface area contributed by atoms with E-state index in [0.29, 0.717) is 17.9 Å². The second-order valence-corrected chi connectivity index (χ2v) is 10.2. The zero-order valence-corrected chi connectivity index (χ0v) is 19.3. The highest BCUT2D eigenvalue weighted by molar-refractivity contribution is 7.91. The second-order valence-electron chi connectivity index (χ2n) is 7.91. The topological polar surface area (TPSA) is 84.0 Å². The van der Waals surface area contributed by atoms with Crippen molar-refractivity contribution in [3.63, 3.8) is 0 Å². The van der Waals surface area contributed by atoms with Gasteiger partial charge >= 0.3 is 6.09 Å². The van der Waals surface area contributed by atoms with Gasteiger partial charge < -0.3 is 9.64 Å². The second kappa shape index (κ2) is 8.70. The molecule has 1 unspecified atom stereocenters. The first-order chi connectivity index (χ1) is 14.5. The molecule has 2 aromatic rings. The molecule has 166 valence electrons. The lowest BCUT2D eigenvalue weighted by molar-refractivity contribution is -0.117. The Hall–Kier alpha value is -2.87. The lowest BCUT2D eigenvalue weighted by atomic mass is 10.0. The van der Waals surface area contributed by atoms with E-state index in [1.807, 2.05) is 25.1 Å². The number of hydrogen-bond acceptors (Lipinski definition) is 5. The summed E-state index contributed by atoms with van der Waals surface area (Å²) in [5, 5.41) is 0. The van der Waals surface area contributed by atoms with E-state index >= 15 is 0 Å². The van der Waals surface area contributed by atoms with Crippen molar-refractivity contribution in [3.8, 4) is 11.1 Å². The summed E-state index contributed by atoms with van der Waals surface area (Å²) in [5.74, 6) is -0.0653. The highest BCUT2D eigenvalue weighted by Gasteiger charge is 2.34. The van der Waals surface area contributed by atoms with Crippen LogP contribution in [0.25, 0.3) is 11.1 Å². The minimum Gasteiger partial charge on any atom is -0.446 e. The molecule has 2 amide bonds. The first-order valence-electron chi connectivity index (χ1n) is 10.3. The van der Waals surface area contributed by atoms with E-state index in [0.717, 1.165) is 11.1 Å². The molecule has 0 saturated heterocycles. The summed E-state index contributed by atoms with van der Waals surface area (Å²) in [5.41, 5.74) is 2.84. The molecule has 8 heteroatoms. The van der Waals surface area contributed by atoms with E-state index in [2.05, 4.69) is 0 Å². The van der Waals surface area contributed by atoms with Crippen LogP contribution in [0, 0.1) is 0 Å². The third-order valence-electron chi connectivity index (χ3n) is 5.24. The number of amides is 2. The number of fused-ring (bicyclic) bond motifs is 1. The van der Waals surface area contributed by atoms with Crippen molar-refractivity contribution in [2.75, 3.05) is 22.1 Å². The van der Waals surface area contributed by atoms with E-state index in [1.165, 1.54) is 6.92 Å². The van der Waals surface area contributed by atoms with E-state index in [4.69, 9.17) is 4.74 Å². The maximum absolute atomic E-state index is 12.8. The predicted octanol–water partition coefficient (Wildman–Crippen LogP) is 4.25. The van der Waals surface area contributed by atoms with Gasteiger partial charge in [0.25, 0.3) is 0 Å². The zero-order chi connectivity index (χ0) is 22.9. The molecule has 2 aromatic carbocycles. The summed E-state index contributed by atoms with van der Waals surface area (Å²) in [7, 11) is -3.28. The van der Waals surface area contributed by atoms with Gasteiger partial charge in [-0.3, -0.25) is 9.69 Å². The van der Waals surface area contributed by atoms with Crippen LogP contribution in [-0.2, 0) is 19.4 Å². The summed E-state index contributed by atoms with van der Waals surface area (Å²) < 4.78 is 29.6. The number of nitrogens with zero attached hydrogens (tertiary/aromatic N) is 2. The van der Waals surface area contributed by atoms with Crippen LogP contribution in [0.15, 0.2) is 47.4 Å². The average molecular weight is 445 g/mol. The molecule has 1 heterocycles. The van der Waals surface area contributed by atoms with Gasteiger partial charge in [-0.25, -0.2) is 13.2 Å². The van der Waals surface area contributed by atoms with Crippen molar-refractivity contribution < 1.29 is 22.7 Å². The first kappa shape index (κ1) is 22.8. The van der Waals surface area contributed by atoms with E-state index in [9.17, 15) is 18.0 Å². The fraction of sp³-hybridized carbons (Fsp3) is 0.391. The molecular weight excluding hydrogens is 416 g/mol. The van der Waals surface area contributed by atoms with Crippen LogP contribution in [0.1, 0.15) is 34.6 Å². The highest BCUT2D eigenvalue weighted by Crippen LogP contribution is 2.39. The van der Waals surface area contributed by atoms with Gasteiger partial charge in [-0.05, 0) is 56.2 Å². The van der Waals surface area contributed by atoms with Crippen LogP contribution in [0.2, 0.25) is 0 Å². The van der Waals surface area contributed by atoms with Crippen LogP contribution in [0.4, 0.5) is 16.2 Å². The molecule has 0 fully saturated rings. The van der Waals surface area contributed by atoms with E-state index in [-0.39, 0.29) is 28.7 Å². The Balaban J connectivity index is 2.07. The van der Waals surface area contributed by atoms with E-state index in [1.54, 1.807) is 54.8 Å². The Labute approximate surface area is 183 Å². The van der Waals surface area contributed by atoms with Crippen molar-refractivity contribution in [1.29, 1.82) is 0 Å². The van der Waals surface area contributed by atoms with Gasteiger partial charge in [-0.1, -0.05) is 25.1 Å². The summed E-state index contributed by atoms with van der Waals surface area (Å²) in [6, 6.07) is 12.0. The van der Waals surface area contributed by atoms with Crippen molar-refractivity contribution in [1.82, 2.24) is 0 Å². The van der Waals surface area contributed by atoms with Crippen LogP contribution in [-0.4, -0.2) is 44.9 Å². The molecule has 1 aliphatic heterocycles. The lowest BCUT2D eigenvalue weighted by Gasteiger charge is -2.40. The normalized spacial score (nSPS) is 16.3. The Morgan fingerprint density at radius 3 is 2.23 bits per heavy atom. The van der Waals surface area contributed by atoms with Crippen LogP contribution in [0.5, 0.6) is 0 Å². The molecular formula is C23H28N2O5S. The fourth-order valence-electron chi connectivity index (χ4n) is 3.74. The number of sulfone groups is 1. The van der Waals surface area contributed by atoms with Gasteiger partial charge in [0, 0.05) is 13.5 Å². The monoisotopic (exact) mass is 444 g/mol. The minimum atomic E-state index is -3.28. The molecule has 0 N–H and O–H groups in total. The smallest absolute Gasteiger partial charge is 0.414 e. The van der Waals surface area contributed by atoms with Gasteiger partial charge in [-0.15, -0.1) is 0 Å². The molecule has 0 bridgehead atoms. The number of rotatable bonds is 4. The molecule has 0 spiro atoms. The molecule has 1 atom stereocenters. The number of anilines is 2. The molecule has 0 aliphatic carbocycles. The maximum atomic E-state index is 12.8. The Bertz CT molecular complexity index is 1090. The lowest BCUT2D eigenvalue weighted by Crippen LogP contribution is -2.51. The van der Waals surface area contributed by atoms with Crippen molar-refractivity contribution >= 4 is 33.2 Å². The molecule has 0 saturated carbocycles. The average Bonchev–Trinajstić information content (AvgIpc) is 2.72. The third kappa shape index (κ3) is 4.58. The van der Waals surface area contributed by atoms with Gasteiger partial charge in [0.1, 0.15) is 0 Å². The van der Waals surface area contributed by atoms with Crippen LogP contribution < -0.4 is 9.80 Å². The fourth-order valence-corrected chi connectivity index (χ4v) is 4.63. The molecule has 31 heavy (non-hydrogen) atoms. The third-order valence-corrected chi connectivity index (χ3v) is 6.99. The number of carbonyl (C=O) groups excluding carboxylic acids is 2. The van der Waals surface area contributed by atoms with Crippen molar-refractivity contribution in [2.24, 2.45) is 0 Å². The minimum absolute atomic E-state index is 0.0389. The van der Waals surface area contributed by atoms with Crippen molar-refractivity contribution in [2.45, 2.75) is 51.7 Å². The molecule has 1 aliphatic rings. The Morgan fingerprint density at radius 2 is 1.68 bits per heavy atom. The molecule has 3 rings (SSSR count). The summed E-state index contributed by atoms with van der Waals surface area (Å²) in [4.78, 5) is 28.5. The Morgan fingerprint density at radius 1 is 1.06 bits per heavy atom. The number of hydrogen-bond donors (Lipinski definition) is 0. The quantitative estimate of drug-likeness (QED) is 0.704. The number of ether oxygens (including phenoxy) is 1. The first-order valence-corrected chi connectivity index (χ1v) is 12.0. The van der Waals surface area contributed by atoms with Crippen LogP contribution in [0.3, 0.4) is 0 Å². The summed E-state index contributed by atoms with van der Waals surface area (Å²) >= 11 is 0. The zero-order valence-electron chi connectivity index (χ0n) is 18.5. The van der Waals surface area contributed by atoms with Gasteiger partial charge in [0.2, 0.25) is 5.91 Å². The molecule has 0 radical (unpaired) electrons. The highest BCUT2D eigenvalue weighted by atomic mass is 32.2. The van der Waals surface area contributed by atoms with E-state index < -0.39 is 15.9 Å². The van der Waals surface area contributed by atoms with Gasteiger partial charge in [0.15, 0.2) is 9.84 Å². The SMILES string of the molecule is CCS(=O)(=O)c1ccc(-c2ccc3c(c2)N(C(=O)OC(C)C)CC(C)N3C(C)=O)cc1.